The Bertz CT molecular complexity index is 2300. The molecule has 0 heterocycles. The quantitative estimate of drug-likeness (QED) is 0.0117. The number of nitrogens with two attached hydrogens (primary N) is 1. The summed E-state index contributed by atoms with van der Waals surface area (Å²) in [6, 6.07) is 16.6. The number of amides is 3. The normalized spacial score (nSPS) is 12.2. The molecule has 0 aliphatic carbocycles. The maximum Gasteiger partial charge on any atom is 0.516 e. The van der Waals surface area contributed by atoms with Gasteiger partial charge >= 0.3 is 36.4 Å². The van der Waals surface area contributed by atoms with E-state index in [1.165, 1.54) is 49.2 Å². The first-order valence-electron chi connectivity index (χ1n) is 26.0. The van der Waals surface area contributed by atoms with E-state index in [1.807, 2.05) is 71.0 Å². The zero-order valence-corrected chi connectivity index (χ0v) is 49.3. The molecule has 0 radical (unpaired) electrons. The van der Waals surface area contributed by atoms with Crippen molar-refractivity contribution in [3.8, 4) is 17.2 Å². The molecule has 0 aliphatic rings. The Morgan fingerprint density at radius 2 is 0.975 bits per heavy atom. The Hall–Kier alpha value is -7.07. The smallest absolute Gasteiger partial charge is 0.491 e. The minimum Gasteiger partial charge on any atom is -0.491 e. The van der Waals surface area contributed by atoms with Gasteiger partial charge in [-0.25, -0.2) is 19.2 Å². The van der Waals surface area contributed by atoms with Gasteiger partial charge in [-0.2, -0.15) is 0 Å². The number of esters is 2. The fourth-order valence-corrected chi connectivity index (χ4v) is 6.48. The van der Waals surface area contributed by atoms with Crippen LogP contribution >= 0.6 is 12.4 Å². The number of alkyl carbamates (subject to hydrolysis) is 3. The predicted molar refractivity (Wildman–Crippen MR) is 300 cm³/mol. The molecule has 0 saturated carbocycles. The highest BCUT2D eigenvalue weighted by molar-refractivity contribution is 5.85. The number of carbonyl (C=O) groups excluding carboxylic acids is 6. The summed E-state index contributed by atoms with van der Waals surface area (Å²) < 4.78 is 46.5. The van der Waals surface area contributed by atoms with E-state index in [9.17, 15) is 38.9 Å². The topological polar surface area (TPSA) is 291 Å². The number of nitrogens with one attached hydrogen (secondary N) is 3. The summed E-state index contributed by atoms with van der Waals surface area (Å²) in [4.78, 5) is 80.5. The first-order chi connectivity index (χ1) is 36.4. The Labute approximate surface area is 471 Å². The van der Waals surface area contributed by atoms with Gasteiger partial charge in [0.25, 0.3) is 5.69 Å². The van der Waals surface area contributed by atoms with E-state index >= 15 is 0 Å². The first kappa shape index (κ1) is 71.9. The largest absolute Gasteiger partial charge is 0.516 e. The Kier molecular flexibility index (Phi) is 34.3. The summed E-state index contributed by atoms with van der Waals surface area (Å²) in [6.07, 6.45) is -0.660. The number of hydrogen-bond acceptors (Lipinski definition) is 18. The lowest BCUT2D eigenvalue weighted by Gasteiger charge is -2.19. The highest BCUT2D eigenvalue weighted by atomic mass is 35.5. The van der Waals surface area contributed by atoms with Gasteiger partial charge in [0.2, 0.25) is 12.6 Å². The lowest BCUT2D eigenvalue weighted by molar-refractivity contribution is -0.384. The Balaban J connectivity index is 0.00000125. The lowest BCUT2D eigenvalue weighted by atomic mass is 10.1. The van der Waals surface area contributed by atoms with Crippen LogP contribution in [0.5, 0.6) is 17.2 Å². The van der Waals surface area contributed by atoms with Gasteiger partial charge in [0.15, 0.2) is 0 Å². The molecule has 3 amide bonds. The minimum absolute atomic E-state index is 0. The summed E-state index contributed by atoms with van der Waals surface area (Å²) >= 11 is 0. The van der Waals surface area contributed by atoms with E-state index in [2.05, 4.69) is 16.0 Å². The van der Waals surface area contributed by atoms with Crippen LogP contribution in [0.3, 0.4) is 0 Å². The summed E-state index contributed by atoms with van der Waals surface area (Å²) in [5.41, 5.74) is 8.76. The Morgan fingerprint density at radius 3 is 1.37 bits per heavy atom. The second-order valence-electron chi connectivity index (χ2n) is 20.3. The SMILES string of the molecule is CC(OC(=O)CCCCCNC(=O)OC(C)(C)C)OC(=O)Oc1ccc([N+](=O)[O-])cc1.Cc1cccc(C)c1OCC(C)N.Cc1cccc(C)c1OCC(C)NC(=O)OC(C)OC(=O)CCCCCNC(=O)OC(C)(C)C.Cl. The zero-order valence-electron chi connectivity index (χ0n) is 48.4. The van der Waals surface area contributed by atoms with Gasteiger partial charge in [-0.15, -0.1) is 12.4 Å². The average molecular weight is 1140 g/mol. The molecule has 4 atom stereocenters. The van der Waals surface area contributed by atoms with Crippen LogP contribution in [0.2, 0.25) is 0 Å². The van der Waals surface area contributed by atoms with Crippen LogP contribution in [0.1, 0.15) is 143 Å². The number of aryl methyl sites for hydroxylation is 4. The van der Waals surface area contributed by atoms with Crippen molar-refractivity contribution in [2.45, 2.75) is 184 Å². The average Bonchev–Trinajstić information content (AvgIpc) is 3.30. The van der Waals surface area contributed by atoms with Gasteiger partial charge in [-0.05, 0) is 143 Å². The number of nitro benzene ring substituents is 1. The van der Waals surface area contributed by atoms with Crippen molar-refractivity contribution in [2.24, 2.45) is 5.73 Å². The number of nitrogens with zero attached hydrogens (tertiary/aromatic N) is 1. The zero-order chi connectivity index (χ0) is 59.0. The molecule has 4 unspecified atom stereocenters. The van der Waals surface area contributed by atoms with E-state index in [4.69, 9.17) is 48.4 Å². The summed E-state index contributed by atoms with van der Waals surface area (Å²) in [5.74, 6) is 0.823. The molecule has 3 aromatic carbocycles. The molecule has 0 spiro atoms. The third-order valence-electron chi connectivity index (χ3n) is 9.98. The van der Waals surface area contributed by atoms with Crippen LogP contribution in [-0.2, 0) is 38.0 Å². The summed E-state index contributed by atoms with van der Waals surface area (Å²) in [7, 11) is 0. The third-order valence-corrected chi connectivity index (χ3v) is 9.98. The predicted octanol–water partition coefficient (Wildman–Crippen LogP) is 11.3. The van der Waals surface area contributed by atoms with Gasteiger partial charge in [0.1, 0.15) is 41.7 Å². The van der Waals surface area contributed by atoms with Crippen molar-refractivity contribution in [1.29, 1.82) is 0 Å². The second-order valence-corrected chi connectivity index (χ2v) is 20.3. The number of halogens is 1. The number of carbonyl (C=O) groups is 6. The van der Waals surface area contributed by atoms with Crippen LogP contribution in [0.4, 0.5) is 24.9 Å². The van der Waals surface area contributed by atoms with Crippen LogP contribution in [0.25, 0.3) is 0 Å². The number of unbranched alkanes of at least 4 members (excludes halogenated alkanes) is 4. The van der Waals surface area contributed by atoms with Gasteiger partial charge in [-0.3, -0.25) is 19.7 Å². The van der Waals surface area contributed by atoms with E-state index in [0.717, 1.165) is 29.0 Å². The van der Waals surface area contributed by atoms with Crippen molar-refractivity contribution in [1.82, 2.24) is 16.0 Å². The van der Waals surface area contributed by atoms with Crippen molar-refractivity contribution in [3.05, 3.63) is 93.0 Å². The van der Waals surface area contributed by atoms with Crippen molar-refractivity contribution < 1.29 is 76.3 Å². The molecule has 0 fully saturated rings. The number of hydrogen-bond donors (Lipinski definition) is 4. The lowest BCUT2D eigenvalue weighted by Crippen LogP contribution is -2.39. The van der Waals surface area contributed by atoms with Crippen LogP contribution in [0, 0.1) is 37.8 Å². The standard InChI is InChI=1S/C25H40N2O7.C20H28N2O9.C11H17NO.ClH/c1-17-12-11-13-18(2)22(17)31-16-19(3)27-24(30)33-20(4)32-21(28)14-9-8-10-15-26-23(29)34-25(5,6)7;1-14(29-19(25)30-16-11-9-15(10-12-16)22(26)27)28-17(23)8-6-5-7-13-21-18(24)31-20(2,3)4;1-8-5-4-6-9(2)11(8)13-7-10(3)12;/h11-13,19-20H,8-10,14-16H2,1-7H3,(H,26,29)(H,27,30);9-12,14H,5-8,13H2,1-4H3,(H,21,24);4-6,10H,7,12H2,1-3H3;1H. The fraction of sp³-hybridized carbons (Fsp3) is 0.571. The molecular formula is C56H86ClN5O17. The first-order valence-corrected chi connectivity index (χ1v) is 26.0. The number of para-hydroxylation sites is 2. The van der Waals surface area contributed by atoms with Crippen LogP contribution in [-0.4, -0.2) is 103 Å². The molecule has 444 valence electrons. The number of non-ortho nitro benzene ring substituents is 1. The van der Waals surface area contributed by atoms with Crippen LogP contribution < -0.4 is 35.9 Å². The Morgan fingerprint density at radius 1 is 0.570 bits per heavy atom. The van der Waals surface area contributed by atoms with E-state index in [-0.39, 0.29) is 55.4 Å². The number of rotatable bonds is 25. The van der Waals surface area contributed by atoms with Crippen molar-refractivity contribution in [2.75, 3.05) is 26.3 Å². The van der Waals surface area contributed by atoms with Gasteiger partial charge in [-0.1, -0.05) is 49.2 Å². The second kappa shape index (κ2) is 37.7. The van der Waals surface area contributed by atoms with Crippen molar-refractivity contribution >= 4 is 54.5 Å². The van der Waals surface area contributed by atoms with E-state index in [1.54, 1.807) is 48.5 Å². The molecule has 79 heavy (non-hydrogen) atoms. The van der Waals surface area contributed by atoms with Crippen molar-refractivity contribution in [3.63, 3.8) is 0 Å². The molecule has 0 bridgehead atoms. The monoisotopic (exact) mass is 1140 g/mol. The molecule has 0 aromatic heterocycles. The maximum absolute atomic E-state index is 12.0. The molecule has 0 saturated heterocycles. The molecule has 3 rings (SSSR count). The summed E-state index contributed by atoms with van der Waals surface area (Å²) in [6.45, 7) is 27.1. The highest BCUT2D eigenvalue weighted by Gasteiger charge is 2.20. The molecule has 23 heteroatoms. The van der Waals surface area contributed by atoms with Gasteiger partial charge in [0.05, 0.1) is 11.0 Å². The molecule has 5 N–H and O–H groups in total. The third kappa shape index (κ3) is 35.9. The van der Waals surface area contributed by atoms with Gasteiger partial charge < -0.3 is 64.3 Å². The van der Waals surface area contributed by atoms with Gasteiger partial charge in [0, 0.05) is 58.0 Å². The molecule has 3 aromatic rings. The number of nitro groups is 1. The van der Waals surface area contributed by atoms with E-state index < -0.39 is 65.1 Å². The molecule has 22 nitrogen and oxygen atoms in total. The van der Waals surface area contributed by atoms with E-state index in [0.29, 0.717) is 51.8 Å². The number of benzene rings is 3. The molecular weight excluding hydrogens is 1050 g/mol. The molecule has 0 aliphatic heterocycles. The maximum atomic E-state index is 12.0. The summed E-state index contributed by atoms with van der Waals surface area (Å²) in [5, 5.41) is 18.5. The number of ether oxygens (including phenoxy) is 9. The highest BCUT2D eigenvalue weighted by Crippen LogP contribution is 2.24. The van der Waals surface area contributed by atoms with Crippen LogP contribution in [0.15, 0.2) is 60.7 Å². The minimum atomic E-state index is -1.16. The fourth-order valence-electron chi connectivity index (χ4n) is 6.48.